The van der Waals surface area contributed by atoms with Gasteiger partial charge in [0.2, 0.25) is 11.8 Å². The zero-order valence-corrected chi connectivity index (χ0v) is 15.3. The average molecular weight is 383 g/mol. The standard InChI is InChI=1S/C19H24F3N3O2/c1-24-8-10-25(11-9-24)18(27)16(23-17(26)13-6-7-13)12-14-4-2-3-5-15(14)19(20,21)22/h2-5,13,16H,6-12H2,1H3,(H,23,26)/t16-/m0/s1. The first-order valence-corrected chi connectivity index (χ1v) is 9.18. The fourth-order valence-electron chi connectivity index (χ4n) is 3.28. The molecule has 1 N–H and O–H groups in total. The maximum Gasteiger partial charge on any atom is 0.416 e. The van der Waals surface area contributed by atoms with E-state index in [4.69, 9.17) is 0 Å². The van der Waals surface area contributed by atoms with E-state index in [2.05, 4.69) is 10.2 Å². The Labute approximate surface area is 156 Å². The van der Waals surface area contributed by atoms with Crippen LogP contribution in [0.15, 0.2) is 24.3 Å². The summed E-state index contributed by atoms with van der Waals surface area (Å²) in [5, 5.41) is 2.70. The largest absolute Gasteiger partial charge is 0.416 e. The van der Waals surface area contributed by atoms with Gasteiger partial charge in [-0.15, -0.1) is 0 Å². The third-order valence-electron chi connectivity index (χ3n) is 5.12. The Morgan fingerprint density at radius 1 is 1.15 bits per heavy atom. The Hall–Kier alpha value is -2.09. The minimum atomic E-state index is -4.50. The van der Waals surface area contributed by atoms with Crippen molar-refractivity contribution in [1.29, 1.82) is 0 Å². The highest BCUT2D eigenvalue weighted by atomic mass is 19.4. The highest BCUT2D eigenvalue weighted by Crippen LogP contribution is 2.33. The van der Waals surface area contributed by atoms with E-state index in [1.807, 2.05) is 7.05 Å². The zero-order valence-electron chi connectivity index (χ0n) is 15.3. The third-order valence-corrected chi connectivity index (χ3v) is 5.12. The molecule has 1 aromatic carbocycles. The van der Waals surface area contributed by atoms with Crippen LogP contribution in [0.2, 0.25) is 0 Å². The summed E-state index contributed by atoms with van der Waals surface area (Å²) in [4.78, 5) is 28.9. The van der Waals surface area contributed by atoms with Crippen molar-refractivity contribution in [3.63, 3.8) is 0 Å². The van der Waals surface area contributed by atoms with Gasteiger partial charge in [0.25, 0.3) is 0 Å². The Bertz CT molecular complexity index is 696. The van der Waals surface area contributed by atoms with Gasteiger partial charge >= 0.3 is 6.18 Å². The van der Waals surface area contributed by atoms with Crippen LogP contribution in [0, 0.1) is 5.92 Å². The minimum Gasteiger partial charge on any atom is -0.344 e. The lowest BCUT2D eigenvalue weighted by molar-refractivity contribution is -0.140. The van der Waals surface area contributed by atoms with E-state index in [0.717, 1.165) is 18.9 Å². The Morgan fingerprint density at radius 2 is 1.78 bits per heavy atom. The Morgan fingerprint density at radius 3 is 2.37 bits per heavy atom. The molecule has 5 nitrogen and oxygen atoms in total. The second kappa shape index (κ2) is 7.88. The molecule has 0 bridgehead atoms. The molecule has 0 spiro atoms. The SMILES string of the molecule is CN1CCN(C(=O)[C@H](Cc2ccccc2C(F)(F)F)NC(=O)C2CC2)CC1. The molecule has 2 aliphatic rings. The van der Waals surface area contributed by atoms with Gasteiger partial charge in [0.15, 0.2) is 0 Å². The second-order valence-electron chi connectivity index (χ2n) is 7.32. The summed E-state index contributed by atoms with van der Waals surface area (Å²) in [7, 11) is 1.95. The molecule has 1 heterocycles. The van der Waals surface area contributed by atoms with Gasteiger partial charge in [0.1, 0.15) is 6.04 Å². The lowest BCUT2D eigenvalue weighted by Gasteiger charge is -2.35. The lowest BCUT2D eigenvalue weighted by atomic mass is 9.98. The van der Waals surface area contributed by atoms with Crippen molar-refractivity contribution in [2.24, 2.45) is 5.92 Å². The summed E-state index contributed by atoms with van der Waals surface area (Å²) >= 11 is 0. The summed E-state index contributed by atoms with van der Waals surface area (Å²) in [6.45, 7) is 2.42. The molecular weight excluding hydrogens is 359 g/mol. The minimum absolute atomic E-state index is 0.0218. The maximum atomic E-state index is 13.3. The number of halogens is 3. The van der Waals surface area contributed by atoms with E-state index in [9.17, 15) is 22.8 Å². The van der Waals surface area contributed by atoms with E-state index in [1.165, 1.54) is 18.2 Å². The number of carbonyl (C=O) groups is 2. The molecule has 1 aliphatic carbocycles. The number of hydrogen-bond acceptors (Lipinski definition) is 3. The highest BCUT2D eigenvalue weighted by molar-refractivity contribution is 5.89. The molecule has 1 saturated carbocycles. The average Bonchev–Trinajstić information content (AvgIpc) is 3.46. The molecule has 1 saturated heterocycles. The van der Waals surface area contributed by atoms with Gasteiger partial charge in [0, 0.05) is 38.5 Å². The summed E-state index contributed by atoms with van der Waals surface area (Å²) in [5.41, 5.74) is -0.740. The van der Waals surface area contributed by atoms with Crippen LogP contribution in [0.1, 0.15) is 24.0 Å². The number of benzene rings is 1. The van der Waals surface area contributed by atoms with Gasteiger partial charge in [-0.1, -0.05) is 18.2 Å². The first kappa shape index (κ1) is 19.7. The van der Waals surface area contributed by atoms with E-state index in [0.29, 0.717) is 26.2 Å². The number of rotatable bonds is 5. The van der Waals surface area contributed by atoms with Crippen LogP contribution in [0.5, 0.6) is 0 Å². The number of carbonyl (C=O) groups excluding carboxylic acids is 2. The van der Waals surface area contributed by atoms with Crippen molar-refractivity contribution in [3.8, 4) is 0 Å². The van der Waals surface area contributed by atoms with Gasteiger partial charge in [-0.2, -0.15) is 13.2 Å². The smallest absolute Gasteiger partial charge is 0.344 e. The quantitative estimate of drug-likeness (QED) is 0.845. The van der Waals surface area contributed by atoms with Crippen LogP contribution in [0.3, 0.4) is 0 Å². The predicted octanol–water partition coefficient (Wildman–Crippen LogP) is 1.92. The van der Waals surface area contributed by atoms with Crippen molar-refractivity contribution >= 4 is 11.8 Å². The monoisotopic (exact) mass is 383 g/mol. The van der Waals surface area contributed by atoms with Gasteiger partial charge < -0.3 is 15.1 Å². The Kier molecular flexibility index (Phi) is 5.74. The lowest BCUT2D eigenvalue weighted by Crippen LogP contribution is -2.55. The summed E-state index contributed by atoms with van der Waals surface area (Å²) < 4.78 is 39.9. The van der Waals surface area contributed by atoms with Crippen LogP contribution in [0.25, 0.3) is 0 Å². The van der Waals surface area contributed by atoms with Crippen molar-refractivity contribution < 1.29 is 22.8 Å². The summed E-state index contributed by atoms with van der Waals surface area (Å²) in [5.74, 6) is -0.674. The van der Waals surface area contributed by atoms with E-state index >= 15 is 0 Å². The molecule has 2 amide bonds. The molecule has 148 valence electrons. The number of nitrogens with zero attached hydrogens (tertiary/aromatic N) is 2. The predicted molar refractivity (Wildman–Crippen MR) is 93.9 cm³/mol. The summed E-state index contributed by atoms with van der Waals surface area (Å²) in [6.07, 6.45) is -3.14. The van der Waals surface area contributed by atoms with Gasteiger partial charge in [-0.25, -0.2) is 0 Å². The van der Waals surface area contributed by atoms with E-state index < -0.39 is 17.8 Å². The molecule has 1 aromatic rings. The second-order valence-corrected chi connectivity index (χ2v) is 7.32. The molecule has 1 aliphatic heterocycles. The fraction of sp³-hybridized carbons (Fsp3) is 0.579. The van der Waals surface area contributed by atoms with Crippen LogP contribution in [-0.4, -0.2) is 60.9 Å². The number of alkyl halides is 3. The van der Waals surface area contributed by atoms with Crippen LogP contribution in [0.4, 0.5) is 13.2 Å². The van der Waals surface area contributed by atoms with Crippen molar-refractivity contribution in [2.45, 2.75) is 31.5 Å². The number of likely N-dealkylation sites (N-methyl/N-ethyl adjacent to an activating group) is 1. The Balaban J connectivity index is 1.80. The van der Waals surface area contributed by atoms with Crippen LogP contribution in [-0.2, 0) is 22.2 Å². The summed E-state index contributed by atoms with van der Waals surface area (Å²) in [6, 6.07) is 4.24. The molecule has 0 radical (unpaired) electrons. The molecule has 27 heavy (non-hydrogen) atoms. The molecular formula is C19H24F3N3O2. The van der Waals surface area contributed by atoms with Gasteiger partial charge in [-0.05, 0) is 31.5 Å². The van der Waals surface area contributed by atoms with Gasteiger partial charge in [0.05, 0.1) is 5.56 Å². The van der Waals surface area contributed by atoms with E-state index in [1.54, 1.807) is 4.90 Å². The zero-order chi connectivity index (χ0) is 19.6. The van der Waals surface area contributed by atoms with E-state index in [-0.39, 0.29) is 29.7 Å². The highest BCUT2D eigenvalue weighted by Gasteiger charge is 2.37. The normalized spacial score (nSPS) is 19.6. The fourth-order valence-corrected chi connectivity index (χ4v) is 3.28. The number of hydrogen-bond donors (Lipinski definition) is 1. The maximum absolute atomic E-state index is 13.3. The number of amides is 2. The molecule has 0 unspecified atom stereocenters. The topological polar surface area (TPSA) is 52.6 Å². The van der Waals surface area contributed by atoms with Crippen LogP contribution < -0.4 is 5.32 Å². The molecule has 8 heteroatoms. The molecule has 0 aromatic heterocycles. The first-order valence-electron chi connectivity index (χ1n) is 9.18. The first-order chi connectivity index (χ1) is 12.8. The molecule has 1 atom stereocenters. The van der Waals surface area contributed by atoms with Crippen molar-refractivity contribution in [1.82, 2.24) is 15.1 Å². The van der Waals surface area contributed by atoms with Crippen molar-refractivity contribution in [2.75, 3.05) is 33.2 Å². The third kappa shape index (κ3) is 5.00. The van der Waals surface area contributed by atoms with Gasteiger partial charge in [-0.3, -0.25) is 9.59 Å². The van der Waals surface area contributed by atoms with Crippen LogP contribution >= 0.6 is 0 Å². The van der Waals surface area contributed by atoms with Crippen molar-refractivity contribution in [3.05, 3.63) is 35.4 Å². The number of nitrogens with one attached hydrogen (secondary N) is 1. The molecule has 2 fully saturated rings. The molecule has 3 rings (SSSR count). The number of piperazine rings is 1.